The number of aryl methyl sites for hydroxylation is 1. The van der Waals surface area contributed by atoms with Gasteiger partial charge in [0.15, 0.2) is 0 Å². The minimum absolute atomic E-state index is 0.0152. The molecule has 2 aromatic rings. The fourth-order valence-corrected chi connectivity index (χ4v) is 2.31. The second kappa shape index (κ2) is 7.11. The van der Waals surface area contributed by atoms with Crippen molar-refractivity contribution in [2.75, 3.05) is 7.11 Å². The van der Waals surface area contributed by atoms with Crippen molar-refractivity contribution in [2.24, 2.45) is 13.0 Å². The van der Waals surface area contributed by atoms with E-state index in [-0.39, 0.29) is 17.9 Å². The third-order valence-corrected chi connectivity index (χ3v) is 3.91. The Kier molecular flexibility index (Phi) is 5.20. The van der Waals surface area contributed by atoms with E-state index in [1.54, 1.807) is 13.3 Å². The second-order valence-electron chi connectivity index (χ2n) is 5.39. The Morgan fingerprint density at radius 2 is 2.14 bits per heavy atom. The van der Waals surface area contributed by atoms with Crippen LogP contribution < -0.4 is 10.1 Å². The van der Waals surface area contributed by atoms with E-state index in [1.807, 2.05) is 55.9 Å². The number of carbonyl (C=O) groups is 1. The molecule has 2 rings (SSSR count). The van der Waals surface area contributed by atoms with E-state index in [0.29, 0.717) is 0 Å². The van der Waals surface area contributed by atoms with Gasteiger partial charge in [0, 0.05) is 30.9 Å². The van der Waals surface area contributed by atoms with Crippen LogP contribution in [0.3, 0.4) is 0 Å². The highest BCUT2D eigenvalue weighted by Crippen LogP contribution is 2.29. The lowest BCUT2D eigenvalue weighted by Crippen LogP contribution is -2.34. The maximum Gasteiger partial charge on any atom is 0.223 e. The van der Waals surface area contributed by atoms with Crippen LogP contribution in [0, 0.1) is 5.92 Å². The van der Waals surface area contributed by atoms with Gasteiger partial charge in [-0.2, -0.15) is 0 Å². The van der Waals surface area contributed by atoms with Gasteiger partial charge >= 0.3 is 0 Å². The molecule has 1 amide bonds. The third-order valence-electron chi connectivity index (χ3n) is 3.91. The van der Waals surface area contributed by atoms with E-state index in [4.69, 9.17) is 4.74 Å². The maximum atomic E-state index is 12.4. The Morgan fingerprint density at radius 1 is 1.41 bits per heavy atom. The highest BCUT2D eigenvalue weighted by molar-refractivity contribution is 5.79. The number of para-hydroxylation sites is 1. The van der Waals surface area contributed by atoms with Gasteiger partial charge in [0.25, 0.3) is 0 Å². The van der Waals surface area contributed by atoms with E-state index in [9.17, 15) is 4.79 Å². The Hall–Kier alpha value is -2.30. The average molecular weight is 301 g/mol. The number of nitrogens with one attached hydrogen (secondary N) is 1. The lowest BCUT2D eigenvalue weighted by molar-refractivity contribution is -0.125. The second-order valence-corrected chi connectivity index (χ2v) is 5.39. The number of hydrogen-bond donors (Lipinski definition) is 1. The van der Waals surface area contributed by atoms with Gasteiger partial charge in [0.1, 0.15) is 17.6 Å². The first kappa shape index (κ1) is 16.1. The zero-order valence-corrected chi connectivity index (χ0v) is 13.5. The topological polar surface area (TPSA) is 56.1 Å². The molecule has 118 valence electrons. The molecule has 2 atom stereocenters. The van der Waals surface area contributed by atoms with Crippen LogP contribution in [0.2, 0.25) is 0 Å². The van der Waals surface area contributed by atoms with E-state index in [2.05, 4.69) is 10.3 Å². The van der Waals surface area contributed by atoms with Crippen LogP contribution in [0.15, 0.2) is 36.7 Å². The van der Waals surface area contributed by atoms with E-state index in [1.165, 1.54) is 0 Å². The molecule has 1 N–H and O–H groups in total. The molecule has 0 aliphatic carbocycles. The smallest absolute Gasteiger partial charge is 0.223 e. The minimum Gasteiger partial charge on any atom is -0.496 e. The van der Waals surface area contributed by atoms with Gasteiger partial charge in [-0.25, -0.2) is 4.98 Å². The summed E-state index contributed by atoms with van der Waals surface area (Å²) in [6.07, 6.45) is 4.39. The summed E-state index contributed by atoms with van der Waals surface area (Å²) >= 11 is 0. The molecule has 0 aliphatic rings. The summed E-state index contributed by atoms with van der Waals surface area (Å²) in [6, 6.07) is 7.35. The van der Waals surface area contributed by atoms with Gasteiger partial charge in [-0.05, 0) is 12.5 Å². The molecule has 0 bridgehead atoms. The van der Waals surface area contributed by atoms with E-state index in [0.717, 1.165) is 23.6 Å². The molecule has 5 heteroatoms. The molecule has 2 unspecified atom stereocenters. The van der Waals surface area contributed by atoms with Gasteiger partial charge < -0.3 is 14.6 Å². The molecule has 0 radical (unpaired) electrons. The molecule has 0 aliphatic heterocycles. The molecule has 5 nitrogen and oxygen atoms in total. The number of hydrogen-bond acceptors (Lipinski definition) is 3. The Morgan fingerprint density at radius 3 is 2.73 bits per heavy atom. The van der Waals surface area contributed by atoms with Crippen molar-refractivity contribution in [3.05, 3.63) is 48.0 Å². The van der Waals surface area contributed by atoms with Crippen LogP contribution in [0.1, 0.15) is 37.7 Å². The molecular weight excluding hydrogens is 278 g/mol. The Balaban J connectivity index is 2.42. The monoisotopic (exact) mass is 301 g/mol. The predicted molar refractivity (Wildman–Crippen MR) is 85.6 cm³/mol. The first-order valence-electron chi connectivity index (χ1n) is 7.49. The standard InChI is InChI=1S/C17H23N3O2/c1-5-12(2)17(21)19-15(16-18-10-11-20(16)3)13-8-6-7-9-14(13)22-4/h6-12,15H,5H2,1-4H3,(H,19,21). The van der Waals surface area contributed by atoms with Crippen molar-refractivity contribution in [2.45, 2.75) is 26.3 Å². The highest BCUT2D eigenvalue weighted by atomic mass is 16.5. The number of imidazole rings is 1. The molecule has 1 heterocycles. The number of benzene rings is 1. The molecule has 22 heavy (non-hydrogen) atoms. The van der Waals surface area contributed by atoms with Crippen LogP contribution in [0.25, 0.3) is 0 Å². The molecule has 0 spiro atoms. The number of rotatable bonds is 6. The fourth-order valence-electron chi connectivity index (χ4n) is 2.31. The zero-order chi connectivity index (χ0) is 16.1. The van der Waals surface area contributed by atoms with E-state index < -0.39 is 0 Å². The number of ether oxygens (including phenoxy) is 1. The van der Waals surface area contributed by atoms with Crippen molar-refractivity contribution in [1.82, 2.24) is 14.9 Å². The molecular formula is C17H23N3O2. The number of aromatic nitrogens is 2. The van der Waals surface area contributed by atoms with Crippen molar-refractivity contribution in [3.63, 3.8) is 0 Å². The summed E-state index contributed by atoms with van der Waals surface area (Å²) in [5, 5.41) is 3.10. The van der Waals surface area contributed by atoms with Gasteiger partial charge in [-0.3, -0.25) is 4.79 Å². The van der Waals surface area contributed by atoms with Crippen molar-refractivity contribution in [3.8, 4) is 5.75 Å². The Bertz CT molecular complexity index is 636. The summed E-state index contributed by atoms with van der Waals surface area (Å²) in [4.78, 5) is 16.8. The van der Waals surface area contributed by atoms with Crippen LogP contribution in [-0.2, 0) is 11.8 Å². The zero-order valence-electron chi connectivity index (χ0n) is 13.5. The summed E-state index contributed by atoms with van der Waals surface area (Å²) in [6.45, 7) is 3.93. The van der Waals surface area contributed by atoms with Gasteiger partial charge in [0.2, 0.25) is 5.91 Å². The quantitative estimate of drug-likeness (QED) is 0.892. The predicted octanol–water partition coefficient (Wildman–Crippen LogP) is 2.68. The van der Waals surface area contributed by atoms with Crippen LogP contribution in [-0.4, -0.2) is 22.6 Å². The maximum absolute atomic E-state index is 12.4. The highest BCUT2D eigenvalue weighted by Gasteiger charge is 2.25. The molecule has 1 aromatic heterocycles. The first-order valence-corrected chi connectivity index (χ1v) is 7.49. The lowest BCUT2D eigenvalue weighted by Gasteiger charge is -2.22. The van der Waals surface area contributed by atoms with Crippen LogP contribution >= 0.6 is 0 Å². The number of nitrogens with zero attached hydrogens (tertiary/aromatic N) is 2. The third kappa shape index (κ3) is 3.30. The van der Waals surface area contributed by atoms with Gasteiger partial charge in [-0.15, -0.1) is 0 Å². The van der Waals surface area contributed by atoms with Crippen molar-refractivity contribution >= 4 is 5.91 Å². The number of methoxy groups -OCH3 is 1. The average Bonchev–Trinajstić information content (AvgIpc) is 2.97. The number of carbonyl (C=O) groups excluding carboxylic acids is 1. The molecule has 0 saturated heterocycles. The first-order chi connectivity index (χ1) is 10.6. The normalized spacial score (nSPS) is 13.5. The largest absolute Gasteiger partial charge is 0.496 e. The number of amides is 1. The van der Waals surface area contributed by atoms with Crippen molar-refractivity contribution in [1.29, 1.82) is 0 Å². The van der Waals surface area contributed by atoms with Crippen LogP contribution in [0.5, 0.6) is 5.75 Å². The summed E-state index contributed by atoms with van der Waals surface area (Å²) in [5.41, 5.74) is 0.899. The molecule has 0 saturated carbocycles. The van der Waals surface area contributed by atoms with E-state index >= 15 is 0 Å². The SMILES string of the molecule is CCC(C)C(=O)NC(c1ccccc1OC)c1nccn1C. The fraction of sp³-hybridized carbons (Fsp3) is 0.412. The van der Waals surface area contributed by atoms with Gasteiger partial charge in [-0.1, -0.05) is 32.0 Å². The van der Waals surface area contributed by atoms with Crippen LogP contribution in [0.4, 0.5) is 0 Å². The Labute approximate surface area is 131 Å². The lowest BCUT2D eigenvalue weighted by atomic mass is 10.0. The summed E-state index contributed by atoms with van der Waals surface area (Å²) in [7, 11) is 3.55. The molecule has 0 fully saturated rings. The molecule has 1 aromatic carbocycles. The minimum atomic E-state index is -0.336. The van der Waals surface area contributed by atoms with Gasteiger partial charge in [0.05, 0.1) is 7.11 Å². The van der Waals surface area contributed by atoms with Crippen molar-refractivity contribution < 1.29 is 9.53 Å². The summed E-state index contributed by atoms with van der Waals surface area (Å²) in [5.74, 6) is 1.49. The summed E-state index contributed by atoms with van der Waals surface area (Å²) < 4.78 is 7.35.